The summed E-state index contributed by atoms with van der Waals surface area (Å²) in [5.41, 5.74) is 0.0457. The lowest BCUT2D eigenvalue weighted by Crippen LogP contribution is -2.33. The highest BCUT2D eigenvalue weighted by molar-refractivity contribution is 7.09. The highest BCUT2D eigenvalue weighted by atomic mass is 32.1. The molecular weight excluding hydrogens is 292 g/mol. The molecule has 2 aromatic heterocycles. The molecule has 0 aliphatic rings. The maximum absolute atomic E-state index is 12.1. The Balaban J connectivity index is 1.84. The van der Waals surface area contributed by atoms with Crippen LogP contribution in [0, 0.1) is 0 Å². The fourth-order valence-corrected chi connectivity index (χ4v) is 2.66. The van der Waals surface area contributed by atoms with Gasteiger partial charge in [-0.1, -0.05) is 6.92 Å². The molecule has 0 unspecified atom stereocenters. The van der Waals surface area contributed by atoms with Crippen LogP contribution in [0.4, 0.5) is 0 Å². The van der Waals surface area contributed by atoms with Crippen LogP contribution in [0.15, 0.2) is 23.8 Å². The lowest BCUT2D eigenvalue weighted by Gasteiger charge is -2.15. The number of rotatable bonds is 7. The highest BCUT2D eigenvalue weighted by Gasteiger charge is 2.18. The van der Waals surface area contributed by atoms with Crippen molar-refractivity contribution in [3.63, 3.8) is 0 Å². The Morgan fingerprint density at radius 2 is 2.33 bits per heavy atom. The minimum atomic E-state index is -1.04. The number of carbonyl (C=O) groups excluding carboxylic acids is 1. The first kappa shape index (κ1) is 15.2. The molecule has 2 rings (SSSR count). The van der Waals surface area contributed by atoms with Gasteiger partial charge in [-0.25, -0.2) is 9.78 Å². The number of aromatic carboxylic acids is 1. The summed E-state index contributed by atoms with van der Waals surface area (Å²) in [5, 5.41) is 17.9. The summed E-state index contributed by atoms with van der Waals surface area (Å²) in [5.74, 6) is -1.14. The lowest BCUT2D eigenvalue weighted by molar-refractivity contribution is -0.124. The topological polar surface area (TPSA) is 97.1 Å². The number of nitrogens with one attached hydrogen (secondary N) is 1. The van der Waals surface area contributed by atoms with E-state index in [0.29, 0.717) is 24.4 Å². The number of nitrogens with zero attached hydrogens (tertiary/aromatic N) is 3. The summed E-state index contributed by atoms with van der Waals surface area (Å²) in [6.45, 7) is 2.34. The van der Waals surface area contributed by atoms with Crippen LogP contribution in [0.5, 0.6) is 0 Å². The molecule has 1 amide bonds. The second-order valence-electron chi connectivity index (χ2n) is 4.38. The molecule has 8 heteroatoms. The van der Waals surface area contributed by atoms with E-state index in [-0.39, 0.29) is 17.6 Å². The van der Waals surface area contributed by atoms with Crippen LogP contribution in [0.2, 0.25) is 0 Å². The minimum Gasteiger partial charge on any atom is -0.476 e. The van der Waals surface area contributed by atoms with Crippen molar-refractivity contribution < 1.29 is 14.7 Å². The van der Waals surface area contributed by atoms with Crippen molar-refractivity contribution >= 4 is 23.2 Å². The van der Waals surface area contributed by atoms with Crippen LogP contribution < -0.4 is 5.32 Å². The predicted octanol–water partition coefficient (Wildman–Crippen LogP) is 1.35. The molecule has 0 saturated heterocycles. The third-order valence-corrected chi connectivity index (χ3v) is 3.85. The molecule has 0 radical (unpaired) electrons. The molecule has 2 heterocycles. The van der Waals surface area contributed by atoms with Crippen molar-refractivity contribution in [3.05, 3.63) is 34.5 Å². The summed E-state index contributed by atoms with van der Waals surface area (Å²) in [6.07, 6.45) is 4.56. The SMILES string of the molecule is CC[C@H](C(=O)NCCc1nc(C(=O)O)cs1)n1cccn1. The molecule has 2 N–H and O–H groups in total. The van der Waals surface area contributed by atoms with Gasteiger partial charge < -0.3 is 10.4 Å². The van der Waals surface area contributed by atoms with Gasteiger partial charge >= 0.3 is 5.97 Å². The molecule has 0 aromatic carbocycles. The van der Waals surface area contributed by atoms with Crippen LogP contribution in [-0.2, 0) is 11.2 Å². The second kappa shape index (κ2) is 6.98. The molecule has 112 valence electrons. The number of carbonyl (C=O) groups is 2. The molecule has 21 heavy (non-hydrogen) atoms. The Hall–Kier alpha value is -2.22. The van der Waals surface area contributed by atoms with E-state index < -0.39 is 5.97 Å². The Morgan fingerprint density at radius 3 is 2.90 bits per heavy atom. The molecule has 0 aliphatic heterocycles. The van der Waals surface area contributed by atoms with Gasteiger partial charge in [-0.15, -0.1) is 11.3 Å². The van der Waals surface area contributed by atoms with Crippen LogP contribution >= 0.6 is 11.3 Å². The largest absolute Gasteiger partial charge is 0.476 e. The number of carboxylic acid groups (broad SMARTS) is 1. The molecule has 2 aromatic rings. The van der Waals surface area contributed by atoms with Gasteiger partial charge in [-0.05, 0) is 12.5 Å². The predicted molar refractivity (Wildman–Crippen MR) is 77.3 cm³/mol. The highest BCUT2D eigenvalue weighted by Crippen LogP contribution is 2.11. The van der Waals surface area contributed by atoms with Gasteiger partial charge in [-0.3, -0.25) is 9.48 Å². The minimum absolute atomic E-state index is 0.0457. The second-order valence-corrected chi connectivity index (χ2v) is 5.33. The number of amides is 1. The van der Waals surface area contributed by atoms with Gasteiger partial charge in [0.05, 0.1) is 5.01 Å². The smallest absolute Gasteiger partial charge is 0.355 e. The number of hydrogen-bond donors (Lipinski definition) is 2. The van der Waals surface area contributed by atoms with Crippen molar-refractivity contribution in [2.24, 2.45) is 0 Å². The van der Waals surface area contributed by atoms with Gasteiger partial charge in [-0.2, -0.15) is 5.10 Å². The molecule has 0 bridgehead atoms. The number of thiazole rings is 1. The zero-order valence-corrected chi connectivity index (χ0v) is 12.3. The van der Waals surface area contributed by atoms with Gasteiger partial charge in [0.2, 0.25) is 5.91 Å². The van der Waals surface area contributed by atoms with Gasteiger partial charge in [0.15, 0.2) is 5.69 Å². The Kier molecular flexibility index (Phi) is 5.04. The molecule has 0 saturated carbocycles. The summed E-state index contributed by atoms with van der Waals surface area (Å²) < 4.78 is 1.63. The van der Waals surface area contributed by atoms with Crippen molar-refractivity contribution in [2.75, 3.05) is 6.54 Å². The Morgan fingerprint density at radius 1 is 1.52 bits per heavy atom. The molecule has 1 atom stereocenters. The normalized spacial score (nSPS) is 12.0. The number of carboxylic acids is 1. The monoisotopic (exact) mass is 308 g/mol. The zero-order valence-electron chi connectivity index (χ0n) is 11.5. The average molecular weight is 308 g/mol. The molecule has 0 fully saturated rings. The molecule has 0 spiro atoms. The summed E-state index contributed by atoms with van der Waals surface area (Å²) in [7, 11) is 0. The van der Waals surface area contributed by atoms with Crippen molar-refractivity contribution in [3.8, 4) is 0 Å². The van der Waals surface area contributed by atoms with Gasteiger partial charge in [0, 0.05) is 30.7 Å². The lowest BCUT2D eigenvalue weighted by atomic mass is 10.2. The third kappa shape index (κ3) is 3.88. The van der Waals surface area contributed by atoms with Crippen LogP contribution in [-0.4, -0.2) is 38.3 Å². The standard InChI is InChI=1S/C13H16N4O3S/c1-2-10(17-7-3-5-15-17)12(18)14-6-4-11-16-9(8-21-11)13(19)20/h3,5,7-8,10H,2,4,6H2,1H3,(H,14,18)(H,19,20)/t10-/m1/s1. The van der Waals surface area contributed by atoms with Gasteiger partial charge in [0.25, 0.3) is 0 Å². The van der Waals surface area contributed by atoms with E-state index >= 15 is 0 Å². The van der Waals surface area contributed by atoms with Gasteiger partial charge in [0.1, 0.15) is 6.04 Å². The van der Waals surface area contributed by atoms with E-state index in [9.17, 15) is 9.59 Å². The Bertz CT molecular complexity index is 609. The van der Waals surface area contributed by atoms with Crippen molar-refractivity contribution in [1.82, 2.24) is 20.1 Å². The zero-order chi connectivity index (χ0) is 15.2. The first-order valence-electron chi connectivity index (χ1n) is 6.56. The fourth-order valence-electron chi connectivity index (χ4n) is 1.89. The van der Waals surface area contributed by atoms with E-state index in [1.165, 1.54) is 16.7 Å². The van der Waals surface area contributed by atoms with E-state index in [4.69, 9.17) is 5.11 Å². The number of hydrogen-bond acceptors (Lipinski definition) is 5. The Labute approximate surface area is 125 Å². The van der Waals surface area contributed by atoms with E-state index in [1.807, 2.05) is 6.92 Å². The summed E-state index contributed by atoms with van der Waals surface area (Å²) >= 11 is 1.28. The quantitative estimate of drug-likeness (QED) is 0.804. The molecule has 7 nitrogen and oxygen atoms in total. The van der Waals surface area contributed by atoms with Crippen LogP contribution in [0.25, 0.3) is 0 Å². The van der Waals surface area contributed by atoms with Crippen LogP contribution in [0.3, 0.4) is 0 Å². The maximum Gasteiger partial charge on any atom is 0.355 e. The first-order valence-corrected chi connectivity index (χ1v) is 7.44. The van der Waals surface area contributed by atoms with E-state index in [2.05, 4.69) is 15.4 Å². The molecular formula is C13H16N4O3S. The number of aromatic nitrogens is 3. The van der Waals surface area contributed by atoms with Crippen LogP contribution in [0.1, 0.15) is 34.9 Å². The summed E-state index contributed by atoms with van der Waals surface area (Å²) in [4.78, 5) is 26.8. The third-order valence-electron chi connectivity index (χ3n) is 2.94. The molecule has 0 aliphatic carbocycles. The van der Waals surface area contributed by atoms with Crippen molar-refractivity contribution in [2.45, 2.75) is 25.8 Å². The fraction of sp³-hybridized carbons (Fsp3) is 0.385. The summed E-state index contributed by atoms with van der Waals surface area (Å²) in [6, 6.07) is 1.45. The van der Waals surface area contributed by atoms with E-state index in [0.717, 1.165) is 0 Å². The van der Waals surface area contributed by atoms with Crippen molar-refractivity contribution in [1.29, 1.82) is 0 Å². The first-order chi connectivity index (χ1) is 10.1. The average Bonchev–Trinajstić information content (AvgIpc) is 3.10. The maximum atomic E-state index is 12.1. The van der Waals surface area contributed by atoms with E-state index in [1.54, 1.807) is 23.1 Å².